The molecule has 16 heavy (non-hydrogen) atoms. The molecule has 1 atom stereocenters. The predicted octanol–water partition coefficient (Wildman–Crippen LogP) is 1.14. The van der Waals surface area contributed by atoms with E-state index >= 15 is 0 Å². The van der Waals surface area contributed by atoms with E-state index in [2.05, 4.69) is 27.1 Å². The maximum atomic E-state index is 4.61. The molecule has 1 N–H and O–H groups in total. The van der Waals surface area contributed by atoms with Gasteiger partial charge in [0, 0.05) is 36.8 Å². The third-order valence-electron chi connectivity index (χ3n) is 2.59. The van der Waals surface area contributed by atoms with Gasteiger partial charge in [0.25, 0.3) is 0 Å². The van der Waals surface area contributed by atoms with Crippen molar-refractivity contribution >= 4 is 17.6 Å². The molecule has 1 aromatic heterocycles. The SMILES string of the molecule is CNCc1cncc(N2CCSC(C)C2)n1. The van der Waals surface area contributed by atoms with Crippen LogP contribution in [-0.4, -0.2) is 41.1 Å². The summed E-state index contributed by atoms with van der Waals surface area (Å²) in [6.45, 7) is 5.19. The van der Waals surface area contributed by atoms with E-state index in [-0.39, 0.29) is 0 Å². The summed E-state index contributed by atoms with van der Waals surface area (Å²) in [4.78, 5) is 11.2. The molecule has 1 fully saturated rings. The zero-order chi connectivity index (χ0) is 11.4. The first-order chi connectivity index (χ1) is 7.79. The number of aromatic nitrogens is 2. The molecule has 0 spiro atoms. The van der Waals surface area contributed by atoms with Gasteiger partial charge in [-0.25, -0.2) is 4.98 Å². The Kier molecular flexibility index (Phi) is 4.01. The van der Waals surface area contributed by atoms with Crippen molar-refractivity contribution in [2.75, 3.05) is 30.8 Å². The van der Waals surface area contributed by atoms with Gasteiger partial charge in [-0.3, -0.25) is 4.98 Å². The molecule has 0 amide bonds. The number of anilines is 1. The van der Waals surface area contributed by atoms with Crippen LogP contribution in [0.1, 0.15) is 12.6 Å². The normalized spacial score (nSPS) is 21.1. The van der Waals surface area contributed by atoms with Crippen LogP contribution in [0.3, 0.4) is 0 Å². The second-order valence-electron chi connectivity index (χ2n) is 4.03. The minimum absolute atomic E-state index is 0.684. The predicted molar refractivity (Wildman–Crippen MR) is 68.9 cm³/mol. The quantitative estimate of drug-likeness (QED) is 0.855. The smallest absolute Gasteiger partial charge is 0.147 e. The van der Waals surface area contributed by atoms with Crippen molar-refractivity contribution in [3.63, 3.8) is 0 Å². The first-order valence-corrected chi connectivity index (χ1v) is 6.66. The fraction of sp³-hybridized carbons (Fsp3) is 0.636. The highest BCUT2D eigenvalue weighted by Gasteiger charge is 2.18. The Morgan fingerprint density at radius 2 is 2.44 bits per heavy atom. The van der Waals surface area contributed by atoms with Crippen LogP contribution in [0.2, 0.25) is 0 Å². The van der Waals surface area contributed by atoms with E-state index < -0.39 is 0 Å². The number of nitrogens with one attached hydrogen (secondary N) is 1. The van der Waals surface area contributed by atoms with Gasteiger partial charge in [0.15, 0.2) is 0 Å². The van der Waals surface area contributed by atoms with Crippen molar-refractivity contribution in [1.82, 2.24) is 15.3 Å². The van der Waals surface area contributed by atoms with Crippen molar-refractivity contribution < 1.29 is 0 Å². The van der Waals surface area contributed by atoms with E-state index in [4.69, 9.17) is 0 Å². The van der Waals surface area contributed by atoms with Gasteiger partial charge in [0.05, 0.1) is 11.9 Å². The van der Waals surface area contributed by atoms with Crippen LogP contribution >= 0.6 is 11.8 Å². The van der Waals surface area contributed by atoms with Crippen LogP contribution in [0.25, 0.3) is 0 Å². The Morgan fingerprint density at radius 3 is 3.19 bits per heavy atom. The minimum atomic E-state index is 0.684. The average molecular weight is 238 g/mol. The van der Waals surface area contributed by atoms with Gasteiger partial charge in [0.1, 0.15) is 5.82 Å². The average Bonchev–Trinajstić information content (AvgIpc) is 2.30. The van der Waals surface area contributed by atoms with Crippen molar-refractivity contribution in [1.29, 1.82) is 0 Å². The third-order valence-corrected chi connectivity index (χ3v) is 3.73. The Morgan fingerprint density at radius 1 is 1.56 bits per heavy atom. The van der Waals surface area contributed by atoms with Crippen LogP contribution in [-0.2, 0) is 6.54 Å². The standard InChI is InChI=1S/C11H18N4S/c1-9-8-15(3-4-16-9)11-7-13-6-10(14-11)5-12-2/h6-7,9,12H,3-5,8H2,1-2H3. The molecule has 1 unspecified atom stereocenters. The van der Waals surface area contributed by atoms with Gasteiger partial charge in [-0.05, 0) is 7.05 Å². The summed E-state index contributed by atoms with van der Waals surface area (Å²) < 4.78 is 0. The van der Waals surface area contributed by atoms with Crippen LogP contribution in [0.5, 0.6) is 0 Å². The maximum absolute atomic E-state index is 4.61. The lowest BCUT2D eigenvalue weighted by atomic mass is 10.3. The Labute approximate surface area is 101 Å². The van der Waals surface area contributed by atoms with E-state index in [9.17, 15) is 0 Å². The first kappa shape index (κ1) is 11.7. The molecule has 88 valence electrons. The summed E-state index contributed by atoms with van der Waals surface area (Å²) in [5.74, 6) is 2.19. The van der Waals surface area contributed by atoms with Crippen molar-refractivity contribution in [3.05, 3.63) is 18.1 Å². The van der Waals surface area contributed by atoms with Gasteiger partial charge in [0.2, 0.25) is 0 Å². The van der Waals surface area contributed by atoms with E-state index in [1.54, 1.807) is 0 Å². The second kappa shape index (κ2) is 5.50. The van der Waals surface area contributed by atoms with E-state index in [1.165, 1.54) is 5.75 Å². The Balaban J connectivity index is 2.09. The topological polar surface area (TPSA) is 41.1 Å². The summed E-state index contributed by atoms with van der Waals surface area (Å²) in [6.07, 6.45) is 3.68. The van der Waals surface area contributed by atoms with Crippen molar-refractivity contribution in [3.8, 4) is 0 Å². The summed E-state index contributed by atoms with van der Waals surface area (Å²) in [5, 5.41) is 3.78. The molecule has 1 aliphatic heterocycles. The molecule has 4 nitrogen and oxygen atoms in total. The van der Waals surface area contributed by atoms with Gasteiger partial charge < -0.3 is 10.2 Å². The monoisotopic (exact) mass is 238 g/mol. The number of hydrogen-bond donors (Lipinski definition) is 1. The van der Waals surface area contributed by atoms with Gasteiger partial charge in [-0.1, -0.05) is 6.92 Å². The van der Waals surface area contributed by atoms with E-state index in [0.717, 1.165) is 31.1 Å². The lowest BCUT2D eigenvalue weighted by Gasteiger charge is -2.31. The van der Waals surface area contributed by atoms with Crippen molar-refractivity contribution in [2.24, 2.45) is 0 Å². The van der Waals surface area contributed by atoms with E-state index in [0.29, 0.717) is 5.25 Å². The number of thioether (sulfide) groups is 1. The molecular weight excluding hydrogens is 220 g/mol. The van der Waals surface area contributed by atoms with Crippen LogP contribution in [0.15, 0.2) is 12.4 Å². The lowest BCUT2D eigenvalue weighted by Crippen LogP contribution is -2.37. The summed E-state index contributed by atoms with van der Waals surface area (Å²) >= 11 is 2.03. The molecule has 1 aromatic rings. The molecule has 0 bridgehead atoms. The molecule has 2 rings (SSSR count). The molecule has 0 aromatic carbocycles. The first-order valence-electron chi connectivity index (χ1n) is 5.61. The molecule has 1 saturated heterocycles. The van der Waals surface area contributed by atoms with Crippen molar-refractivity contribution in [2.45, 2.75) is 18.7 Å². The second-order valence-corrected chi connectivity index (χ2v) is 5.57. The molecule has 5 heteroatoms. The van der Waals surface area contributed by atoms with Gasteiger partial charge in [-0.2, -0.15) is 11.8 Å². The summed E-state index contributed by atoms with van der Waals surface area (Å²) in [5.41, 5.74) is 1.01. The maximum Gasteiger partial charge on any atom is 0.147 e. The molecular formula is C11H18N4S. The fourth-order valence-electron chi connectivity index (χ4n) is 1.84. The number of rotatable bonds is 3. The van der Waals surface area contributed by atoms with Crippen LogP contribution < -0.4 is 10.2 Å². The Bertz CT molecular complexity index is 345. The number of nitrogens with zero attached hydrogens (tertiary/aromatic N) is 3. The highest BCUT2D eigenvalue weighted by Crippen LogP contribution is 2.21. The molecule has 1 aliphatic rings. The lowest BCUT2D eigenvalue weighted by molar-refractivity contribution is 0.744. The van der Waals surface area contributed by atoms with Gasteiger partial charge >= 0.3 is 0 Å². The van der Waals surface area contributed by atoms with Gasteiger partial charge in [-0.15, -0.1) is 0 Å². The fourth-order valence-corrected chi connectivity index (χ4v) is 2.85. The highest BCUT2D eigenvalue weighted by molar-refractivity contribution is 8.00. The third kappa shape index (κ3) is 2.86. The zero-order valence-electron chi connectivity index (χ0n) is 9.81. The van der Waals surface area contributed by atoms with E-state index in [1.807, 2.05) is 31.2 Å². The molecule has 0 radical (unpaired) electrons. The highest BCUT2D eigenvalue weighted by atomic mass is 32.2. The molecule has 0 saturated carbocycles. The Hall–Kier alpha value is -0.810. The molecule has 2 heterocycles. The molecule has 0 aliphatic carbocycles. The largest absolute Gasteiger partial charge is 0.353 e. The van der Waals surface area contributed by atoms with Crippen LogP contribution in [0, 0.1) is 0 Å². The van der Waals surface area contributed by atoms with Crippen LogP contribution in [0.4, 0.5) is 5.82 Å². The summed E-state index contributed by atoms with van der Waals surface area (Å²) in [6, 6.07) is 0. The summed E-state index contributed by atoms with van der Waals surface area (Å²) in [7, 11) is 1.92. The number of hydrogen-bond acceptors (Lipinski definition) is 5. The zero-order valence-corrected chi connectivity index (χ0v) is 10.6. The minimum Gasteiger partial charge on any atom is -0.353 e.